The smallest absolute Gasteiger partial charge is 0.192 e. The summed E-state index contributed by atoms with van der Waals surface area (Å²) in [6.07, 6.45) is 10.2. The predicted octanol–water partition coefficient (Wildman–Crippen LogP) is 4.20. The van der Waals surface area contributed by atoms with E-state index >= 15 is 0 Å². The molecule has 1 fully saturated rings. The highest BCUT2D eigenvalue weighted by molar-refractivity contribution is 6.74. The molecule has 1 saturated carbocycles. The van der Waals surface area contributed by atoms with Gasteiger partial charge < -0.3 is 4.43 Å². The lowest BCUT2D eigenvalue weighted by Gasteiger charge is -2.45. The number of rotatable bonds is 4. The summed E-state index contributed by atoms with van der Waals surface area (Å²) in [7, 11) is -1.59. The molecule has 0 aromatic heterocycles. The van der Waals surface area contributed by atoms with Crippen molar-refractivity contribution in [1.29, 1.82) is 0 Å². The van der Waals surface area contributed by atoms with Gasteiger partial charge >= 0.3 is 0 Å². The summed E-state index contributed by atoms with van der Waals surface area (Å²) >= 11 is 0. The maximum atomic E-state index is 6.30. The summed E-state index contributed by atoms with van der Waals surface area (Å²) in [4.78, 5) is 0. The lowest BCUT2D eigenvalue weighted by atomic mass is 9.67. The van der Waals surface area contributed by atoms with Gasteiger partial charge in [0.15, 0.2) is 8.32 Å². The molecule has 92 valence electrons. The van der Waals surface area contributed by atoms with Crippen LogP contribution in [0, 0.1) is 17.8 Å². The molecule has 0 saturated heterocycles. The quantitative estimate of drug-likeness (QED) is 0.527. The maximum Gasteiger partial charge on any atom is 0.192 e. The highest BCUT2D eigenvalue weighted by atomic mass is 28.4. The monoisotopic (exact) mass is 238 g/mol. The second-order valence-electron chi connectivity index (χ2n) is 6.78. The van der Waals surface area contributed by atoms with E-state index in [9.17, 15) is 0 Å². The van der Waals surface area contributed by atoms with Gasteiger partial charge in [0.1, 0.15) is 0 Å². The van der Waals surface area contributed by atoms with Gasteiger partial charge in [0, 0.05) is 18.4 Å². The SMILES string of the molecule is C#CCC1(CO[Si](C)(C)C(C)(C)C)CCC1. The van der Waals surface area contributed by atoms with Gasteiger partial charge in [0.05, 0.1) is 0 Å². The summed E-state index contributed by atoms with van der Waals surface area (Å²) in [5.41, 5.74) is 0.324. The molecule has 0 unspecified atom stereocenters. The normalized spacial score (nSPS) is 20.0. The summed E-state index contributed by atoms with van der Waals surface area (Å²) < 4.78 is 6.30. The third-order valence-corrected chi connectivity index (χ3v) is 8.92. The van der Waals surface area contributed by atoms with Crippen molar-refractivity contribution < 1.29 is 4.43 Å². The molecule has 0 bridgehead atoms. The van der Waals surface area contributed by atoms with Crippen molar-refractivity contribution in [3.8, 4) is 12.3 Å². The maximum absolute atomic E-state index is 6.30. The Hall–Kier alpha value is -0.263. The van der Waals surface area contributed by atoms with E-state index < -0.39 is 8.32 Å². The van der Waals surface area contributed by atoms with Crippen LogP contribution in [0.15, 0.2) is 0 Å². The molecule has 0 amide bonds. The Bertz CT molecular complexity index is 276. The van der Waals surface area contributed by atoms with E-state index in [2.05, 4.69) is 39.8 Å². The zero-order chi connectivity index (χ0) is 12.4. The highest BCUT2D eigenvalue weighted by Crippen LogP contribution is 2.46. The molecule has 0 aliphatic heterocycles. The molecule has 1 aliphatic rings. The molecule has 16 heavy (non-hydrogen) atoms. The van der Waals surface area contributed by atoms with Gasteiger partial charge in [0.2, 0.25) is 0 Å². The third-order valence-electron chi connectivity index (χ3n) is 4.44. The van der Waals surface area contributed by atoms with Gasteiger partial charge in [-0.1, -0.05) is 27.2 Å². The molecule has 0 aromatic rings. The molecule has 0 atom stereocenters. The van der Waals surface area contributed by atoms with Crippen molar-refractivity contribution in [2.45, 2.75) is 64.6 Å². The minimum absolute atomic E-state index is 0.300. The van der Waals surface area contributed by atoms with Crippen molar-refractivity contribution in [2.24, 2.45) is 5.41 Å². The van der Waals surface area contributed by atoms with E-state index in [0.29, 0.717) is 10.5 Å². The summed E-state index contributed by atoms with van der Waals surface area (Å²) in [6, 6.07) is 0. The first kappa shape index (κ1) is 13.8. The molecule has 0 heterocycles. The van der Waals surface area contributed by atoms with E-state index in [0.717, 1.165) is 13.0 Å². The van der Waals surface area contributed by atoms with Crippen LogP contribution in [-0.2, 0) is 4.43 Å². The first-order chi connectivity index (χ1) is 7.22. The molecule has 0 spiro atoms. The van der Waals surface area contributed by atoms with Crippen LogP contribution in [-0.4, -0.2) is 14.9 Å². The van der Waals surface area contributed by atoms with E-state index in [4.69, 9.17) is 10.8 Å². The van der Waals surface area contributed by atoms with Gasteiger partial charge in [-0.25, -0.2) is 0 Å². The molecule has 0 N–H and O–H groups in total. The van der Waals surface area contributed by atoms with Gasteiger partial charge in [-0.05, 0) is 31.0 Å². The zero-order valence-corrected chi connectivity index (χ0v) is 12.5. The second kappa shape index (κ2) is 4.54. The van der Waals surface area contributed by atoms with Gasteiger partial charge in [-0.3, -0.25) is 0 Å². The third kappa shape index (κ3) is 2.90. The molecule has 1 aliphatic carbocycles. The average Bonchev–Trinajstić information content (AvgIpc) is 2.07. The van der Waals surface area contributed by atoms with Crippen LogP contribution >= 0.6 is 0 Å². The van der Waals surface area contributed by atoms with Crippen LogP contribution in [0.3, 0.4) is 0 Å². The molecule has 0 aromatic carbocycles. The van der Waals surface area contributed by atoms with E-state index in [-0.39, 0.29) is 0 Å². The van der Waals surface area contributed by atoms with Crippen LogP contribution < -0.4 is 0 Å². The number of hydrogen-bond acceptors (Lipinski definition) is 1. The standard InChI is InChI=1S/C14H26OSi/c1-7-9-14(10-8-11-14)12-15-16(5,6)13(2,3)4/h1H,8-12H2,2-6H3. The Morgan fingerprint density at radius 2 is 1.88 bits per heavy atom. The van der Waals surface area contributed by atoms with Crippen molar-refractivity contribution in [1.82, 2.24) is 0 Å². The molecule has 0 radical (unpaired) electrons. The fraction of sp³-hybridized carbons (Fsp3) is 0.857. The highest BCUT2D eigenvalue weighted by Gasteiger charge is 2.42. The average molecular weight is 238 g/mol. The fourth-order valence-corrected chi connectivity index (χ4v) is 2.92. The lowest BCUT2D eigenvalue weighted by Crippen LogP contribution is -2.45. The topological polar surface area (TPSA) is 9.23 Å². The number of terminal acetylenes is 1. The summed E-state index contributed by atoms with van der Waals surface area (Å²) in [5, 5.41) is 0.300. The Labute approximate surface area is 102 Å². The largest absolute Gasteiger partial charge is 0.416 e. The molecular weight excluding hydrogens is 212 g/mol. The van der Waals surface area contributed by atoms with Crippen molar-refractivity contribution in [3.63, 3.8) is 0 Å². The van der Waals surface area contributed by atoms with Crippen LogP contribution in [0.2, 0.25) is 18.1 Å². The predicted molar refractivity (Wildman–Crippen MR) is 72.9 cm³/mol. The Balaban J connectivity index is 2.54. The van der Waals surface area contributed by atoms with Crippen LogP contribution in [0.4, 0.5) is 0 Å². The fourth-order valence-electron chi connectivity index (χ4n) is 1.82. The van der Waals surface area contributed by atoms with Crippen molar-refractivity contribution in [3.05, 3.63) is 0 Å². The van der Waals surface area contributed by atoms with E-state index in [1.165, 1.54) is 19.3 Å². The van der Waals surface area contributed by atoms with Crippen molar-refractivity contribution in [2.75, 3.05) is 6.61 Å². The zero-order valence-electron chi connectivity index (χ0n) is 11.5. The molecule has 1 nitrogen and oxygen atoms in total. The van der Waals surface area contributed by atoms with Gasteiger partial charge in [-0.15, -0.1) is 12.3 Å². The van der Waals surface area contributed by atoms with E-state index in [1.807, 2.05) is 0 Å². The van der Waals surface area contributed by atoms with Crippen LogP contribution in [0.1, 0.15) is 46.5 Å². The molecular formula is C14H26OSi. The van der Waals surface area contributed by atoms with Crippen LogP contribution in [0.5, 0.6) is 0 Å². The number of hydrogen-bond donors (Lipinski definition) is 0. The first-order valence-electron chi connectivity index (χ1n) is 6.30. The lowest BCUT2D eigenvalue weighted by molar-refractivity contribution is 0.0556. The second-order valence-corrected chi connectivity index (χ2v) is 11.6. The Morgan fingerprint density at radius 1 is 1.31 bits per heavy atom. The van der Waals surface area contributed by atoms with Crippen LogP contribution in [0.25, 0.3) is 0 Å². The summed E-state index contributed by atoms with van der Waals surface area (Å²) in [6.45, 7) is 12.4. The van der Waals surface area contributed by atoms with Crippen molar-refractivity contribution >= 4 is 8.32 Å². The Morgan fingerprint density at radius 3 is 2.19 bits per heavy atom. The first-order valence-corrected chi connectivity index (χ1v) is 9.21. The minimum Gasteiger partial charge on any atom is -0.416 e. The van der Waals surface area contributed by atoms with Gasteiger partial charge in [0.25, 0.3) is 0 Å². The Kier molecular flexibility index (Phi) is 3.92. The molecule has 1 rings (SSSR count). The molecule has 2 heteroatoms. The minimum atomic E-state index is -1.59. The van der Waals surface area contributed by atoms with Gasteiger partial charge in [-0.2, -0.15) is 0 Å². The van der Waals surface area contributed by atoms with E-state index in [1.54, 1.807) is 0 Å². The summed E-state index contributed by atoms with van der Waals surface area (Å²) in [5.74, 6) is 2.82.